The molecule has 7 heteroatoms. The second-order valence-electron chi connectivity index (χ2n) is 7.41. The van der Waals surface area contributed by atoms with Crippen LogP contribution in [0.1, 0.15) is 26.0 Å². The van der Waals surface area contributed by atoms with Crippen molar-refractivity contribution in [2.24, 2.45) is 10.8 Å². The maximum Gasteiger partial charge on any atom is 0.340 e. The van der Waals surface area contributed by atoms with Gasteiger partial charge in [0.15, 0.2) is 0 Å². The molecule has 1 fully saturated rings. The average molecular weight is 389 g/mol. The summed E-state index contributed by atoms with van der Waals surface area (Å²) in [5.74, 6) is 1.57. The van der Waals surface area contributed by atoms with Gasteiger partial charge in [0.05, 0.1) is 6.54 Å². The number of urea groups is 1. The first-order valence-electron chi connectivity index (χ1n) is 9.04. The van der Waals surface area contributed by atoms with Gasteiger partial charge in [-0.3, -0.25) is 0 Å². The van der Waals surface area contributed by atoms with Crippen molar-refractivity contribution >= 4 is 23.8 Å². The molecule has 1 aromatic carbocycles. The number of hydrazone groups is 1. The summed E-state index contributed by atoms with van der Waals surface area (Å²) in [4.78, 5) is 14.1. The number of hydrogen-bond acceptors (Lipinski definition) is 4. The van der Waals surface area contributed by atoms with Gasteiger partial charge in [0.1, 0.15) is 11.5 Å². The zero-order chi connectivity index (χ0) is 19.4. The number of nitrogens with two attached hydrogens (primary N) is 1. The van der Waals surface area contributed by atoms with Crippen molar-refractivity contribution < 1.29 is 9.21 Å². The Bertz CT molecular complexity index is 808. The van der Waals surface area contributed by atoms with E-state index < -0.39 is 0 Å². The minimum atomic E-state index is -0.280. The van der Waals surface area contributed by atoms with Gasteiger partial charge in [-0.05, 0) is 56.7 Å². The molecule has 2 aromatic rings. The van der Waals surface area contributed by atoms with Gasteiger partial charge in [-0.15, -0.1) is 0 Å². The molecule has 0 radical (unpaired) electrons. The van der Waals surface area contributed by atoms with Crippen LogP contribution in [-0.2, 0) is 6.42 Å². The van der Waals surface area contributed by atoms with Crippen LogP contribution in [0.15, 0.2) is 45.9 Å². The first kappa shape index (κ1) is 19.5. The summed E-state index contributed by atoms with van der Waals surface area (Å²) in [6.07, 6.45) is 2.99. The smallest absolute Gasteiger partial charge is 0.340 e. The number of carbonyl (C=O) groups excluding carboxylic acids is 1. The fourth-order valence-electron chi connectivity index (χ4n) is 2.79. The van der Waals surface area contributed by atoms with Crippen LogP contribution < -0.4 is 5.73 Å². The van der Waals surface area contributed by atoms with E-state index in [1.807, 2.05) is 50.2 Å². The fourth-order valence-corrected chi connectivity index (χ4v) is 2.92. The third-order valence-corrected chi connectivity index (χ3v) is 4.65. The number of carbonyl (C=O) groups is 1. The standard InChI is InChI=1S/C20H25ClN4O2/c1-20(2,22)10-12-24-13-14-25(19(24)26)23-11-9-17-7-8-18(27-17)15-3-5-16(21)6-4-15/h3-8,11H,9-10,12-14,22H2,1-2H3. The van der Waals surface area contributed by atoms with Crippen molar-refractivity contribution in [2.75, 3.05) is 19.6 Å². The van der Waals surface area contributed by atoms with Gasteiger partial charge < -0.3 is 15.1 Å². The Labute approximate surface area is 164 Å². The summed E-state index contributed by atoms with van der Waals surface area (Å²) < 4.78 is 5.84. The van der Waals surface area contributed by atoms with Crippen LogP contribution >= 0.6 is 11.6 Å². The lowest BCUT2D eigenvalue weighted by atomic mass is 10.0. The molecule has 1 aromatic heterocycles. The first-order chi connectivity index (χ1) is 12.8. The van der Waals surface area contributed by atoms with Crippen LogP contribution in [0.3, 0.4) is 0 Å². The molecule has 2 amide bonds. The van der Waals surface area contributed by atoms with Crippen molar-refractivity contribution in [1.82, 2.24) is 9.91 Å². The topological polar surface area (TPSA) is 75.1 Å². The maximum atomic E-state index is 12.3. The van der Waals surface area contributed by atoms with E-state index in [0.29, 0.717) is 31.1 Å². The lowest BCUT2D eigenvalue weighted by molar-refractivity contribution is 0.190. The summed E-state index contributed by atoms with van der Waals surface area (Å²) in [7, 11) is 0. The number of amides is 2. The van der Waals surface area contributed by atoms with E-state index in [4.69, 9.17) is 21.8 Å². The predicted molar refractivity (Wildman–Crippen MR) is 108 cm³/mol. The molecule has 27 heavy (non-hydrogen) atoms. The molecule has 144 valence electrons. The fraction of sp³-hybridized carbons (Fsp3) is 0.400. The molecular formula is C20H25ClN4O2. The Morgan fingerprint density at radius 3 is 2.67 bits per heavy atom. The van der Waals surface area contributed by atoms with Crippen molar-refractivity contribution in [1.29, 1.82) is 0 Å². The van der Waals surface area contributed by atoms with Crippen molar-refractivity contribution in [3.63, 3.8) is 0 Å². The second-order valence-corrected chi connectivity index (χ2v) is 7.84. The van der Waals surface area contributed by atoms with Crippen molar-refractivity contribution in [3.8, 4) is 11.3 Å². The van der Waals surface area contributed by atoms with Crippen molar-refractivity contribution in [3.05, 3.63) is 47.2 Å². The average Bonchev–Trinajstić information content (AvgIpc) is 3.21. The Morgan fingerprint density at radius 2 is 1.96 bits per heavy atom. The molecule has 0 spiro atoms. The van der Waals surface area contributed by atoms with E-state index >= 15 is 0 Å². The minimum absolute atomic E-state index is 0.0724. The number of furan rings is 1. The Kier molecular flexibility index (Phi) is 5.87. The Hall–Kier alpha value is -2.31. The van der Waals surface area contributed by atoms with Crippen LogP contribution in [0.5, 0.6) is 0 Å². The maximum absolute atomic E-state index is 12.3. The molecule has 0 unspecified atom stereocenters. The van der Waals surface area contributed by atoms with Gasteiger partial charge >= 0.3 is 6.03 Å². The van der Waals surface area contributed by atoms with Crippen LogP contribution in [0, 0.1) is 0 Å². The molecule has 0 atom stereocenters. The van der Waals surface area contributed by atoms with Crippen LogP contribution in [-0.4, -0.2) is 47.3 Å². The van der Waals surface area contributed by atoms with E-state index in [2.05, 4.69) is 5.10 Å². The molecule has 0 bridgehead atoms. The number of halogens is 1. The van der Waals surface area contributed by atoms with Gasteiger partial charge in [0.2, 0.25) is 0 Å². The van der Waals surface area contributed by atoms with Crippen LogP contribution in [0.2, 0.25) is 5.02 Å². The quantitative estimate of drug-likeness (QED) is 0.728. The highest BCUT2D eigenvalue weighted by atomic mass is 35.5. The molecule has 6 nitrogen and oxygen atoms in total. The van der Waals surface area contributed by atoms with Gasteiger partial charge in [-0.25, -0.2) is 9.80 Å². The van der Waals surface area contributed by atoms with E-state index in [0.717, 1.165) is 23.5 Å². The summed E-state index contributed by atoms with van der Waals surface area (Å²) >= 11 is 5.91. The third-order valence-electron chi connectivity index (χ3n) is 4.40. The molecule has 1 aliphatic rings. The van der Waals surface area contributed by atoms with Gasteiger partial charge in [-0.1, -0.05) is 11.6 Å². The van der Waals surface area contributed by atoms with Crippen LogP contribution in [0.4, 0.5) is 4.79 Å². The van der Waals surface area contributed by atoms with Gasteiger partial charge in [0.25, 0.3) is 0 Å². The lowest BCUT2D eigenvalue weighted by Gasteiger charge is -2.22. The molecule has 0 saturated carbocycles. The van der Waals surface area contributed by atoms with E-state index in [9.17, 15) is 4.79 Å². The van der Waals surface area contributed by atoms with Gasteiger partial charge in [-0.2, -0.15) is 5.10 Å². The monoisotopic (exact) mass is 388 g/mol. The second kappa shape index (κ2) is 8.15. The van der Waals surface area contributed by atoms with E-state index in [-0.39, 0.29) is 11.6 Å². The highest BCUT2D eigenvalue weighted by Gasteiger charge is 2.28. The summed E-state index contributed by atoms with van der Waals surface area (Å²) in [6, 6.07) is 11.3. The highest BCUT2D eigenvalue weighted by molar-refractivity contribution is 6.30. The SMILES string of the molecule is CC(C)(N)CCN1CCN(N=CCc2ccc(-c3ccc(Cl)cc3)o2)C1=O. The molecule has 3 rings (SSSR count). The zero-order valence-electron chi connectivity index (χ0n) is 15.7. The lowest BCUT2D eigenvalue weighted by Crippen LogP contribution is -2.38. The van der Waals surface area contributed by atoms with Crippen LogP contribution in [0.25, 0.3) is 11.3 Å². The summed E-state index contributed by atoms with van der Waals surface area (Å²) in [5.41, 5.74) is 6.68. The summed E-state index contributed by atoms with van der Waals surface area (Å²) in [6.45, 7) is 5.84. The third kappa shape index (κ3) is 5.34. The number of benzene rings is 1. The molecular weight excluding hydrogens is 364 g/mol. The first-order valence-corrected chi connectivity index (χ1v) is 9.42. The molecule has 2 heterocycles. The highest BCUT2D eigenvalue weighted by Crippen LogP contribution is 2.24. The van der Waals surface area contributed by atoms with E-state index in [1.54, 1.807) is 11.1 Å². The Morgan fingerprint density at radius 1 is 1.22 bits per heavy atom. The largest absolute Gasteiger partial charge is 0.461 e. The minimum Gasteiger partial charge on any atom is -0.461 e. The number of rotatable bonds is 7. The normalized spacial score (nSPS) is 15.3. The molecule has 1 aliphatic heterocycles. The molecule has 0 aliphatic carbocycles. The molecule has 2 N–H and O–H groups in total. The van der Waals surface area contributed by atoms with Crippen molar-refractivity contribution in [2.45, 2.75) is 32.2 Å². The summed E-state index contributed by atoms with van der Waals surface area (Å²) in [5, 5.41) is 6.48. The number of nitrogens with zero attached hydrogens (tertiary/aromatic N) is 3. The van der Waals surface area contributed by atoms with E-state index in [1.165, 1.54) is 5.01 Å². The predicted octanol–water partition coefficient (Wildman–Crippen LogP) is 3.99. The number of hydrogen-bond donors (Lipinski definition) is 1. The zero-order valence-corrected chi connectivity index (χ0v) is 16.4. The Balaban J connectivity index is 1.52. The van der Waals surface area contributed by atoms with Gasteiger partial charge in [0, 0.05) is 41.8 Å². The molecule has 1 saturated heterocycles.